The zero-order valence-electron chi connectivity index (χ0n) is 11.5. The van der Waals surface area contributed by atoms with Gasteiger partial charge in [-0.05, 0) is 24.3 Å². The lowest BCUT2D eigenvalue weighted by Crippen LogP contribution is -2.49. The maximum Gasteiger partial charge on any atom is 0.405 e. The molecule has 1 amide bonds. The van der Waals surface area contributed by atoms with Gasteiger partial charge in [0.05, 0.1) is 10.8 Å². The van der Waals surface area contributed by atoms with Crippen molar-refractivity contribution >= 4 is 27.7 Å². The topological polar surface area (TPSA) is 66.5 Å². The van der Waals surface area contributed by atoms with Gasteiger partial charge in [-0.15, -0.1) is 11.8 Å². The first-order valence-electron chi connectivity index (χ1n) is 6.31. The Morgan fingerprint density at radius 3 is 2.48 bits per heavy atom. The van der Waals surface area contributed by atoms with Crippen LogP contribution in [0.2, 0.25) is 0 Å². The van der Waals surface area contributed by atoms with Crippen LogP contribution in [0, 0.1) is 5.82 Å². The molecular formula is C12H12F4N2O3S2. The quantitative estimate of drug-likeness (QED) is 0.815. The minimum Gasteiger partial charge on any atom is -0.346 e. The Kier molecular flexibility index (Phi) is 5.21. The Bertz CT molecular complexity index is 677. The number of halogens is 4. The predicted octanol–water partition coefficient (Wildman–Crippen LogP) is 1.57. The summed E-state index contributed by atoms with van der Waals surface area (Å²) in [5.74, 6) is -1.66. The van der Waals surface area contributed by atoms with Crippen LogP contribution in [-0.2, 0) is 14.8 Å². The number of carbonyl (C=O) groups is 1. The first-order chi connectivity index (χ1) is 10.6. The maximum atomic E-state index is 12.9. The second-order valence-corrected chi connectivity index (χ2v) is 7.59. The van der Waals surface area contributed by atoms with E-state index in [1.54, 1.807) is 5.32 Å². The van der Waals surface area contributed by atoms with Crippen LogP contribution in [0.1, 0.15) is 0 Å². The van der Waals surface area contributed by atoms with Crippen LogP contribution in [0.4, 0.5) is 17.6 Å². The Morgan fingerprint density at radius 2 is 1.91 bits per heavy atom. The summed E-state index contributed by atoms with van der Waals surface area (Å²) in [4.78, 5) is 11.6. The van der Waals surface area contributed by atoms with E-state index in [1.165, 1.54) is 0 Å². The van der Waals surface area contributed by atoms with Gasteiger partial charge in [-0.3, -0.25) is 4.79 Å². The molecule has 1 heterocycles. The largest absolute Gasteiger partial charge is 0.405 e. The predicted molar refractivity (Wildman–Crippen MR) is 75.6 cm³/mol. The number of carbonyl (C=O) groups excluding carboxylic acids is 1. The Hall–Kier alpha value is -1.33. The summed E-state index contributed by atoms with van der Waals surface area (Å²) in [5.41, 5.74) is 0. The average molecular weight is 372 g/mol. The van der Waals surface area contributed by atoms with Gasteiger partial charge in [0.25, 0.3) is 0 Å². The van der Waals surface area contributed by atoms with E-state index in [1.807, 2.05) is 0 Å². The number of rotatable bonds is 4. The van der Waals surface area contributed by atoms with E-state index in [9.17, 15) is 30.8 Å². The van der Waals surface area contributed by atoms with E-state index in [0.29, 0.717) is 0 Å². The van der Waals surface area contributed by atoms with E-state index < -0.39 is 40.5 Å². The molecule has 1 aromatic rings. The molecule has 1 saturated heterocycles. The molecule has 0 unspecified atom stereocenters. The van der Waals surface area contributed by atoms with Crippen molar-refractivity contribution in [2.75, 3.05) is 18.2 Å². The normalized spacial score (nSPS) is 19.7. The molecule has 0 saturated carbocycles. The molecule has 0 bridgehead atoms. The summed E-state index contributed by atoms with van der Waals surface area (Å²) in [6.07, 6.45) is -4.58. The summed E-state index contributed by atoms with van der Waals surface area (Å²) in [7, 11) is -4.10. The molecule has 1 aromatic carbocycles. The number of benzene rings is 1. The Morgan fingerprint density at radius 1 is 1.30 bits per heavy atom. The molecule has 128 valence electrons. The smallest absolute Gasteiger partial charge is 0.346 e. The van der Waals surface area contributed by atoms with E-state index in [4.69, 9.17) is 0 Å². The molecule has 0 aromatic heterocycles. The lowest BCUT2D eigenvalue weighted by Gasteiger charge is -2.22. The van der Waals surface area contributed by atoms with E-state index in [2.05, 4.69) is 0 Å². The van der Waals surface area contributed by atoms with Crippen LogP contribution >= 0.6 is 11.8 Å². The van der Waals surface area contributed by atoms with Crippen molar-refractivity contribution in [2.45, 2.75) is 17.1 Å². The highest BCUT2D eigenvalue weighted by Gasteiger charge is 2.41. The highest BCUT2D eigenvalue weighted by molar-refractivity contribution is 8.00. The van der Waals surface area contributed by atoms with Crippen LogP contribution in [0.5, 0.6) is 0 Å². The first kappa shape index (κ1) is 18.0. The van der Waals surface area contributed by atoms with Crippen molar-refractivity contribution in [3.05, 3.63) is 30.1 Å². The van der Waals surface area contributed by atoms with E-state index >= 15 is 0 Å². The highest BCUT2D eigenvalue weighted by atomic mass is 32.2. The molecule has 0 aliphatic carbocycles. The van der Waals surface area contributed by atoms with Gasteiger partial charge in [0.1, 0.15) is 18.4 Å². The van der Waals surface area contributed by atoms with Crippen molar-refractivity contribution < 1.29 is 30.8 Å². The summed E-state index contributed by atoms with van der Waals surface area (Å²) in [6.45, 7) is -1.53. The van der Waals surface area contributed by atoms with E-state index in [-0.39, 0.29) is 16.5 Å². The van der Waals surface area contributed by atoms with Gasteiger partial charge in [-0.1, -0.05) is 0 Å². The lowest BCUT2D eigenvalue weighted by atomic mass is 10.3. The van der Waals surface area contributed by atoms with Gasteiger partial charge in [0, 0.05) is 5.75 Å². The summed E-state index contributed by atoms with van der Waals surface area (Å²) in [6, 6.07) is 2.75. The molecule has 11 heteroatoms. The number of hydrogen-bond acceptors (Lipinski definition) is 4. The number of sulfonamides is 1. The zero-order chi connectivity index (χ0) is 17.3. The number of thioether (sulfide) groups is 1. The van der Waals surface area contributed by atoms with E-state index in [0.717, 1.165) is 40.3 Å². The first-order valence-corrected chi connectivity index (χ1v) is 8.90. The minimum atomic E-state index is -4.58. The maximum absolute atomic E-state index is 12.9. The van der Waals surface area contributed by atoms with Crippen LogP contribution in [-0.4, -0.2) is 49.0 Å². The third-order valence-electron chi connectivity index (χ3n) is 3.03. The van der Waals surface area contributed by atoms with Gasteiger partial charge in [0.15, 0.2) is 0 Å². The molecule has 1 atom stereocenters. The van der Waals surface area contributed by atoms with Crippen LogP contribution in [0.25, 0.3) is 0 Å². The number of nitrogens with zero attached hydrogens (tertiary/aromatic N) is 1. The molecule has 1 fully saturated rings. The molecular weight excluding hydrogens is 360 g/mol. The summed E-state index contributed by atoms with van der Waals surface area (Å²) < 4.78 is 75.0. The molecule has 1 aliphatic rings. The second-order valence-electron chi connectivity index (χ2n) is 4.69. The molecule has 0 spiro atoms. The fourth-order valence-electron chi connectivity index (χ4n) is 1.92. The molecule has 1 N–H and O–H groups in total. The summed E-state index contributed by atoms with van der Waals surface area (Å²) >= 11 is 1.11. The van der Waals surface area contributed by atoms with Crippen LogP contribution in [0.3, 0.4) is 0 Å². The van der Waals surface area contributed by atoms with Crippen molar-refractivity contribution in [1.29, 1.82) is 0 Å². The fourth-order valence-corrected chi connectivity index (χ4v) is 5.07. The summed E-state index contributed by atoms with van der Waals surface area (Å²) in [5, 5.41) is 1.68. The number of hydrogen-bond donors (Lipinski definition) is 1. The monoisotopic (exact) mass is 372 g/mol. The van der Waals surface area contributed by atoms with Crippen molar-refractivity contribution in [1.82, 2.24) is 9.62 Å². The van der Waals surface area contributed by atoms with Crippen LogP contribution in [0.15, 0.2) is 29.2 Å². The van der Waals surface area contributed by atoms with Crippen molar-refractivity contribution in [2.24, 2.45) is 0 Å². The van der Waals surface area contributed by atoms with Gasteiger partial charge < -0.3 is 5.32 Å². The third-order valence-corrected chi connectivity index (χ3v) is 6.07. The highest BCUT2D eigenvalue weighted by Crippen LogP contribution is 2.28. The molecule has 2 rings (SSSR count). The zero-order valence-corrected chi connectivity index (χ0v) is 13.1. The lowest BCUT2D eigenvalue weighted by molar-refractivity contribution is -0.140. The molecule has 0 radical (unpaired) electrons. The minimum absolute atomic E-state index is 0.0457. The van der Waals surface area contributed by atoms with Gasteiger partial charge >= 0.3 is 6.18 Å². The Labute approximate surface area is 134 Å². The fraction of sp³-hybridized carbons (Fsp3) is 0.417. The standard InChI is InChI=1S/C12H12F4N2O3S2/c13-8-1-3-9(4-2-8)23(20,21)18-7-22-5-10(18)11(19)17-6-12(14,15)16/h1-4,10H,5-7H2,(H,17,19)/t10-/m0/s1. The van der Waals surface area contributed by atoms with Gasteiger partial charge in [0.2, 0.25) is 15.9 Å². The van der Waals surface area contributed by atoms with Gasteiger partial charge in [-0.2, -0.15) is 17.5 Å². The third kappa shape index (κ3) is 4.36. The Balaban J connectivity index is 2.17. The molecule has 1 aliphatic heterocycles. The van der Waals surface area contributed by atoms with Crippen molar-refractivity contribution in [3.8, 4) is 0 Å². The second kappa shape index (κ2) is 6.65. The molecule has 5 nitrogen and oxygen atoms in total. The average Bonchev–Trinajstić information content (AvgIpc) is 2.94. The van der Waals surface area contributed by atoms with Gasteiger partial charge in [-0.25, -0.2) is 12.8 Å². The number of nitrogens with one attached hydrogen (secondary N) is 1. The molecule has 23 heavy (non-hydrogen) atoms. The van der Waals surface area contributed by atoms with Crippen molar-refractivity contribution in [3.63, 3.8) is 0 Å². The number of alkyl halides is 3. The van der Waals surface area contributed by atoms with Crippen LogP contribution < -0.4 is 5.32 Å². The number of amides is 1. The SMILES string of the molecule is O=C(NCC(F)(F)F)[C@@H]1CSCN1S(=O)(=O)c1ccc(F)cc1.